The molecule has 2 rings (SSSR count). The fraction of sp³-hybridized carbons (Fsp3) is 0.294. The van der Waals surface area contributed by atoms with Crippen molar-refractivity contribution in [2.75, 3.05) is 0 Å². The van der Waals surface area contributed by atoms with Crippen molar-refractivity contribution in [1.82, 2.24) is 0 Å². The molecule has 1 N–H and O–H groups in total. The van der Waals surface area contributed by atoms with Crippen molar-refractivity contribution < 1.29 is 5.11 Å². The molecule has 0 saturated heterocycles. The minimum absolute atomic E-state index is 0.0763. The van der Waals surface area contributed by atoms with Gasteiger partial charge in [0.05, 0.1) is 5.60 Å². The molecule has 0 spiro atoms. The standard InChI is InChI=1S/C17H19BrO/c1-17(2,19)16(11-13-7-4-3-5-8-13)14-9-6-10-15(18)12-14/h3-10,12,16,19H,11H2,1-2H3/t16-/m0/s1. The Morgan fingerprint density at radius 3 is 2.32 bits per heavy atom. The van der Waals surface area contributed by atoms with Crippen LogP contribution >= 0.6 is 15.9 Å². The molecule has 19 heavy (non-hydrogen) atoms. The van der Waals surface area contributed by atoms with Crippen molar-refractivity contribution in [3.05, 3.63) is 70.2 Å². The molecule has 0 fully saturated rings. The van der Waals surface area contributed by atoms with Gasteiger partial charge < -0.3 is 5.11 Å². The zero-order valence-electron chi connectivity index (χ0n) is 11.3. The molecule has 2 aromatic rings. The van der Waals surface area contributed by atoms with Crippen LogP contribution in [0, 0.1) is 0 Å². The average molecular weight is 319 g/mol. The summed E-state index contributed by atoms with van der Waals surface area (Å²) in [6, 6.07) is 18.5. The molecule has 0 aliphatic rings. The van der Waals surface area contributed by atoms with Crippen LogP contribution in [0.2, 0.25) is 0 Å². The van der Waals surface area contributed by atoms with Gasteiger partial charge in [-0.15, -0.1) is 0 Å². The number of aliphatic hydroxyl groups is 1. The van der Waals surface area contributed by atoms with Gasteiger partial charge in [0, 0.05) is 10.4 Å². The molecule has 2 aromatic carbocycles. The first-order valence-corrected chi connectivity index (χ1v) is 7.28. The Hall–Kier alpha value is -1.12. The molecular weight excluding hydrogens is 300 g/mol. The van der Waals surface area contributed by atoms with Gasteiger partial charge in [-0.2, -0.15) is 0 Å². The predicted octanol–water partition coefficient (Wildman–Crippen LogP) is 4.55. The molecule has 0 aliphatic heterocycles. The summed E-state index contributed by atoms with van der Waals surface area (Å²) in [6.45, 7) is 3.75. The van der Waals surface area contributed by atoms with Crippen molar-refractivity contribution in [2.24, 2.45) is 0 Å². The summed E-state index contributed by atoms with van der Waals surface area (Å²) in [6.07, 6.45) is 0.834. The Bertz CT molecular complexity index is 528. The predicted molar refractivity (Wildman–Crippen MR) is 83.3 cm³/mol. The molecule has 0 saturated carbocycles. The van der Waals surface area contributed by atoms with E-state index < -0.39 is 5.60 Å². The Morgan fingerprint density at radius 1 is 1.05 bits per heavy atom. The van der Waals surface area contributed by atoms with Gasteiger partial charge >= 0.3 is 0 Å². The zero-order chi connectivity index (χ0) is 13.9. The second-order valence-corrected chi connectivity index (χ2v) is 6.37. The molecular formula is C17H19BrO. The highest BCUT2D eigenvalue weighted by atomic mass is 79.9. The number of hydrogen-bond donors (Lipinski definition) is 1. The molecule has 1 atom stereocenters. The van der Waals surface area contributed by atoms with Crippen molar-refractivity contribution in [1.29, 1.82) is 0 Å². The number of halogens is 1. The normalized spacial score (nSPS) is 13.3. The van der Waals surface area contributed by atoms with Crippen LogP contribution in [0.3, 0.4) is 0 Å². The fourth-order valence-electron chi connectivity index (χ4n) is 2.35. The number of hydrogen-bond acceptors (Lipinski definition) is 1. The fourth-order valence-corrected chi connectivity index (χ4v) is 2.77. The number of benzene rings is 2. The van der Waals surface area contributed by atoms with E-state index in [0.29, 0.717) is 0 Å². The minimum Gasteiger partial charge on any atom is -0.390 e. The minimum atomic E-state index is -0.753. The van der Waals surface area contributed by atoms with Crippen molar-refractivity contribution >= 4 is 15.9 Å². The molecule has 0 aromatic heterocycles. The second kappa shape index (κ2) is 5.89. The van der Waals surface area contributed by atoms with Crippen LogP contribution in [0.1, 0.15) is 30.9 Å². The first kappa shape index (κ1) is 14.3. The third-order valence-corrected chi connectivity index (χ3v) is 3.88. The van der Waals surface area contributed by atoms with Gasteiger partial charge in [0.25, 0.3) is 0 Å². The maximum atomic E-state index is 10.5. The lowest BCUT2D eigenvalue weighted by Gasteiger charge is -2.30. The quantitative estimate of drug-likeness (QED) is 0.877. The SMILES string of the molecule is CC(C)(O)[C@@H](Cc1ccccc1)c1cccc(Br)c1. The van der Waals surface area contributed by atoms with E-state index in [1.807, 2.05) is 44.2 Å². The van der Waals surface area contributed by atoms with Crippen LogP contribution in [0.15, 0.2) is 59.1 Å². The van der Waals surface area contributed by atoms with Crippen molar-refractivity contribution in [3.63, 3.8) is 0 Å². The Labute approximate surface area is 123 Å². The van der Waals surface area contributed by atoms with Crippen molar-refractivity contribution in [3.8, 4) is 0 Å². The maximum absolute atomic E-state index is 10.5. The zero-order valence-corrected chi connectivity index (χ0v) is 12.9. The van der Waals surface area contributed by atoms with Crippen LogP contribution in [-0.4, -0.2) is 10.7 Å². The van der Waals surface area contributed by atoms with Gasteiger partial charge in [-0.05, 0) is 43.5 Å². The Kier molecular flexibility index (Phi) is 4.43. The van der Waals surface area contributed by atoms with E-state index >= 15 is 0 Å². The van der Waals surface area contributed by atoms with E-state index in [1.54, 1.807) is 0 Å². The van der Waals surface area contributed by atoms with Gasteiger partial charge in [0.1, 0.15) is 0 Å². The van der Waals surface area contributed by atoms with Crippen LogP contribution in [0.25, 0.3) is 0 Å². The third-order valence-electron chi connectivity index (χ3n) is 3.39. The summed E-state index contributed by atoms with van der Waals surface area (Å²) >= 11 is 3.50. The Morgan fingerprint density at radius 2 is 1.74 bits per heavy atom. The van der Waals surface area contributed by atoms with E-state index in [4.69, 9.17) is 0 Å². The third kappa shape index (κ3) is 3.92. The van der Waals surface area contributed by atoms with E-state index in [2.05, 4.69) is 40.2 Å². The first-order chi connectivity index (χ1) is 8.97. The smallest absolute Gasteiger partial charge is 0.0663 e. The van der Waals surface area contributed by atoms with Crippen molar-refractivity contribution in [2.45, 2.75) is 31.8 Å². The Balaban J connectivity index is 2.32. The number of rotatable bonds is 4. The van der Waals surface area contributed by atoms with Crippen LogP contribution in [0.4, 0.5) is 0 Å². The maximum Gasteiger partial charge on any atom is 0.0663 e. The molecule has 0 aliphatic carbocycles. The summed E-state index contributed by atoms with van der Waals surface area (Å²) in [7, 11) is 0. The first-order valence-electron chi connectivity index (χ1n) is 6.48. The average Bonchev–Trinajstić information content (AvgIpc) is 2.36. The second-order valence-electron chi connectivity index (χ2n) is 5.45. The highest BCUT2D eigenvalue weighted by Gasteiger charge is 2.28. The van der Waals surface area contributed by atoms with Gasteiger partial charge in [0.15, 0.2) is 0 Å². The van der Waals surface area contributed by atoms with E-state index in [1.165, 1.54) is 5.56 Å². The lowest BCUT2D eigenvalue weighted by Crippen LogP contribution is -2.30. The van der Waals surface area contributed by atoms with E-state index in [-0.39, 0.29) is 5.92 Å². The van der Waals surface area contributed by atoms with Gasteiger partial charge in [-0.3, -0.25) is 0 Å². The molecule has 0 heterocycles. The van der Waals surface area contributed by atoms with Crippen LogP contribution in [-0.2, 0) is 6.42 Å². The summed E-state index contributed by atoms with van der Waals surface area (Å²) in [5.74, 6) is 0.0763. The molecule has 0 radical (unpaired) electrons. The van der Waals surface area contributed by atoms with E-state index in [0.717, 1.165) is 16.5 Å². The monoisotopic (exact) mass is 318 g/mol. The summed E-state index contributed by atoms with van der Waals surface area (Å²) in [5.41, 5.74) is 1.65. The molecule has 0 amide bonds. The van der Waals surface area contributed by atoms with Gasteiger partial charge in [-0.1, -0.05) is 58.4 Å². The van der Waals surface area contributed by atoms with E-state index in [9.17, 15) is 5.11 Å². The topological polar surface area (TPSA) is 20.2 Å². The molecule has 100 valence electrons. The van der Waals surface area contributed by atoms with Crippen LogP contribution in [0.5, 0.6) is 0 Å². The highest BCUT2D eigenvalue weighted by molar-refractivity contribution is 9.10. The summed E-state index contributed by atoms with van der Waals surface area (Å²) in [5, 5.41) is 10.5. The molecule has 0 unspecified atom stereocenters. The van der Waals surface area contributed by atoms with Gasteiger partial charge in [-0.25, -0.2) is 0 Å². The largest absolute Gasteiger partial charge is 0.390 e. The van der Waals surface area contributed by atoms with Gasteiger partial charge in [0.2, 0.25) is 0 Å². The lowest BCUT2D eigenvalue weighted by atomic mass is 9.80. The summed E-state index contributed by atoms with van der Waals surface area (Å²) in [4.78, 5) is 0. The summed E-state index contributed by atoms with van der Waals surface area (Å²) < 4.78 is 1.05. The van der Waals surface area contributed by atoms with Crippen LogP contribution < -0.4 is 0 Å². The molecule has 0 bridgehead atoms. The highest BCUT2D eigenvalue weighted by Crippen LogP contribution is 2.32. The lowest BCUT2D eigenvalue weighted by molar-refractivity contribution is 0.0496. The molecule has 1 nitrogen and oxygen atoms in total. The molecule has 2 heteroatoms.